The predicted molar refractivity (Wildman–Crippen MR) is 127 cm³/mol. The lowest BCUT2D eigenvalue weighted by Crippen LogP contribution is -2.49. The molecule has 4 unspecified atom stereocenters. The summed E-state index contributed by atoms with van der Waals surface area (Å²) in [6.07, 6.45) is -0.235. The zero-order chi connectivity index (χ0) is 26.8. The molecule has 18 heteroatoms. The number of carboxylic acid groups (broad SMARTS) is 4. The van der Waals surface area contributed by atoms with Crippen molar-refractivity contribution in [1.82, 2.24) is 10.6 Å². The minimum absolute atomic E-state index is 0.0256. The van der Waals surface area contributed by atoms with E-state index < -0.39 is 66.4 Å². The van der Waals surface area contributed by atoms with Crippen molar-refractivity contribution in [3.8, 4) is 0 Å². The van der Waals surface area contributed by atoms with Gasteiger partial charge in [0.2, 0.25) is 11.8 Å². The average molecular weight is 548 g/mol. The second-order valence-electron chi connectivity index (χ2n) is 6.36. The Kier molecular flexibility index (Phi) is 19.1. The summed E-state index contributed by atoms with van der Waals surface area (Å²) in [5, 5.41) is 38.2. The minimum atomic E-state index is -1.22. The summed E-state index contributed by atoms with van der Waals surface area (Å²) >= 11 is 3.87. The number of rotatable bonds is 16. The first-order valence-electron chi connectivity index (χ1n) is 9.32. The van der Waals surface area contributed by atoms with Gasteiger partial charge in [-0.15, -0.1) is 0 Å². The van der Waals surface area contributed by atoms with E-state index in [4.69, 9.17) is 37.6 Å². The standard InChI is InChI=1S/C10H17N3O6S.C6H12N2O4S2/c11-5(10(18)19)1-2-7(14)13-6(4-20)9(17)12-3-8(15)16;7-3(5(9)10)1-13-14-2-4(8)6(11)12/h5-6,20H,1-4,11H2,(H,12,17)(H,13,14)(H,15,16)(H,18,19);3-4H,1-2,7-8H2,(H,9,10)(H,11,12). The molecular weight excluding hydrogens is 518 g/mol. The number of thiol groups is 1. The topological polar surface area (TPSA) is 285 Å². The van der Waals surface area contributed by atoms with Gasteiger partial charge in [0, 0.05) is 23.7 Å². The normalized spacial score (nSPS) is 13.8. The van der Waals surface area contributed by atoms with E-state index in [9.17, 15) is 28.8 Å². The molecule has 0 aliphatic heterocycles. The van der Waals surface area contributed by atoms with Gasteiger partial charge in [-0.05, 0) is 6.42 Å². The van der Waals surface area contributed by atoms with E-state index in [2.05, 4.69) is 23.3 Å². The van der Waals surface area contributed by atoms with E-state index in [-0.39, 0.29) is 30.1 Å². The van der Waals surface area contributed by atoms with Crippen molar-refractivity contribution >= 4 is 69.9 Å². The molecule has 34 heavy (non-hydrogen) atoms. The van der Waals surface area contributed by atoms with Crippen molar-refractivity contribution in [2.24, 2.45) is 17.2 Å². The van der Waals surface area contributed by atoms with Gasteiger partial charge in [0.1, 0.15) is 30.7 Å². The third-order valence-corrected chi connectivity index (χ3v) is 6.30. The highest BCUT2D eigenvalue weighted by molar-refractivity contribution is 8.76. The number of carboxylic acids is 4. The third-order valence-electron chi connectivity index (χ3n) is 3.46. The Hall–Kier alpha value is -2.25. The van der Waals surface area contributed by atoms with E-state index in [1.54, 1.807) is 0 Å². The zero-order valence-electron chi connectivity index (χ0n) is 17.8. The number of hydrogen-bond acceptors (Lipinski definition) is 12. The van der Waals surface area contributed by atoms with Crippen molar-refractivity contribution in [2.75, 3.05) is 23.8 Å². The molecule has 196 valence electrons. The van der Waals surface area contributed by atoms with Gasteiger partial charge in [0.05, 0.1) is 0 Å². The van der Waals surface area contributed by atoms with Gasteiger partial charge in [-0.25, -0.2) is 0 Å². The molecule has 0 aliphatic rings. The fourth-order valence-corrected chi connectivity index (χ4v) is 4.03. The van der Waals surface area contributed by atoms with Crippen LogP contribution in [0.3, 0.4) is 0 Å². The van der Waals surface area contributed by atoms with Crippen LogP contribution in [0.5, 0.6) is 0 Å². The maximum Gasteiger partial charge on any atom is 0.322 e. The van der Waals surface area contributed by atoms with Crippen molar-refractivity contribution in [3.05, 3.63) is 0 Å². The van der Waals surface area contributed by atoms with Crippen LogP contribution in [-0.4, -0.2) is 104 Å². The van der Waals surface area contributed by atoms with Crippen LogP contribution in [-0.2, 0) is 28.8 Å². The Morgan fingerprint density at radius 2 is 1.24 bits per heavy atom. The zero-order valence-corrected chi connectivity index (χ0v) is 20.3. The molecule has 12 N–H and O–H groups in total. The number of nitrogens with two attached hydrogens (primary N) is 3. The molecule has 0 saturated carbocycles. The Morgan fingerprint density at radius 1 is 0.794 bits per heavy atom. The van der Waals surface area contributed by atoms with Gasteiger partial charge >= 0.3 is 23.9 Å². The van der Waals surface area contributed by atoms with Gasteiger partial charge in [0.25, 0.3) is 0 Å². The number of carbonyl (C=O) groups excluding carboxylic acids is 2. The molecule has 0 rings (SSSR count). The van der Waals surface area contributed by atoms with Gasteiger partial charge < -0.3 is 48.3 Å². The lowest BCUT2D eigenvalue weighted by molar-refractivity contribution is -0.139. The van der Waals surface area contributed by atoms with Crippen LogP contribution in [0.2, 0.25) is 0 Å². The molecule has 0 spiro atoms. The quantitative estimate of drug-likeness (QED) is 0.0523. The Bertz CT molecular complexity index is 693. The highest BCUT2D eigenvalue weighted by Gasteiger charge is 2.21. The van der Waals surface area contributed by atoms with Crippen LogP contribution >= 0.6 is 34.2 Å². The third kappa shape index (κ3) is 18.2. The number of aliphatic carboxylic acids is 4. The van der Waals surface area contributed by atoms with Gasteiger partial charge in [-0.2, -0.15) is 12.6 Å². The van der Waals surface area contributed by atoms with Gasteiger partial charge in [0.15, 0.2) is 0 Å². The largest absolute Gasteiger partial charge is 0.480 e. The van der Waals surface area contributed by atoms with E-state index >= 15 is 0 Å². The summed E-state index contributed by atoms with van der Waals surface area (Å²) < 4.78 is 0. The molecule has 0 aromatic carbocycles. The molecule has 0 saturated heterocycles. The summed E-state index contributed by atoms with van der Waals surface area (Å²) in [5.41, 5.74) is 15.7. The van der Waals surface area contributed by atoms with E-state index in [0.29, 0.717) is 0 Å². The first kappa shape index (κ1) is 33.9. The molecule has 0 bridgehead atoms. The number of amides is 2. The SMILES string of the molecule is NC(CCC(=O)NC(CS)C(=O)NCC(=O)O)C(=O)O.NC(CSSCC(N)C(=O)O)C(=O)O. The molecule has 0 heterocycles. The van der Waals surface area contributed by atoms with Gasteiger partial charge in [-0.1, -0.05) is 21.6 Å². The highest BCUT2D eigenvalue weighted by Crippen LogP contribution is 2.22. The number of carbonyl (C=O) groups is 6. The molecule has 4 atom stereocenters. The van der Waals surface area contributed by atoms with Gasteiger partial charge in [-0.3, -0.25) is 28.8 Å². The van der Waals surface area contributed by atoms with Crippen LogP contribution in [0.4, 0.5) is 0 Å². The fraction of sp³-hybridized carbons (Fsp3) is 0.625. The fourth-order valence-electron chi connectivity index (χ4n) is 1.54. The van der Waals surface area contributed by atoms with Crippen LogP contribution in [0.1, 0.15) is 12.8 Å². The Morgan fingerprint density at radius 3 is 1.59 bits per heavy atom. The predicted octanol–water partition coefficient (Wildman–Crippen LogP) is -3.01. The summed E-state index contributed by atoms with van der Waals surface area (Å²) in [6.45, 7) is -0.567. The minimum Gasteiger partial charge on any atom is -0.480 e. The summed E-state index contributed by atoms with van der Waals surface area (Å²) in [5.74, 6) is -5.38. The summed E-state index contributed by atoms with van der Waals surface area (Å²) in [6, 6.07) is -4.00. The number of hydrogen-bond donors (Lipinski definition) is 10. The molecule has 0 radical (unpaired) electrons. The van der Waals surface area contributed by atoms with Crippen molar-refractivity contribution in [2.45, 2.75) is 37.0 Å². The number of nitrogens with one attached hydrogen (secondary N) is 2. The van der Waals surface area contributed by atoms with Crippen molar-refractivity contribution in [3.63, 3.8) is 0 Å². The molecule has 0 aromatic heterocycles. The monoisotopic (exact) mass is 547 g/mol. The molecule has 0 aromatic rings. The second-order valence-corrected chi connectivity index (χ2v) is 9.27. The Balaban J connectivity index is 0. The lowest BCUT2D eigenvalue weighted by Gasteiger charge is -2.16. The first-order valence-corrected chi connectivity index (χ1v) is 12.4. The molecule has 2 amide bonds. The van der Waals surface area contributed by atoms with Crippen LogP contribution in [0, 0.1) is 0 Å². The smallest absolute Gasteiger partial charge is 0.322 e. The lowest BCUT2D eigenvalue weighted by atomic mass is 10.1. The van der Waals surface area contributed by atoms with E-state index in [0.717, 1.165) is 0 Å². The molecular formula is C16H29N5O10S3. The maximum absolute atomic E-state index is 11.5. The van der Waals surface area contributed by atoms with E-state index in [1.165, 1.54) is 21.6 Å². The molecule has 0 fully saturated rings. The van der Waals surface area contributed by atoms with Crippen LogP contribution in [0.25, 0.3) is 0 Å². The van der Waals surface area contributed by atoms with Crippen LogP contribution < -0.4 is 27.8 Å². The first-order chi connectivity index (χ1) is 15.7. The summed E-state index contributed by atoms with van der Waals surface area (Å²) in [4.78, 5) is 64.3. The molecule has 15 nitrogen and oxygen atoms in total. The average Bonchev–Trinajstić information content (AvgIpc) is 2.76. The Labute approximate surface area is 207 Å². The summed E-state index contributed by atoms with van der Waals surface area (Å²) in [7, 11) is 2.41. The van der Waals surface area contributed by atoms with E-state index in [1.807, 2.05) is 0 Å². The maximum atomic E-state index is 11.5. The molecule has 0 aliphatic carbocycles. The van der Waals surface area contributed by atoms with Crippen molar-refractivity contribution in [1.29, 1.82) is 0 Å². The van der Waals surface area contributed by atoms with Crippen LogP contribution in [0.15, 0.2) is 0 Å². The van der Waals surface area contributed by atoms with Crippen molar-refractivity contribution < 1.29 is 49.2 Å². The highest BCUT2D eigenvalue weighted by atomic mass is 33.1. The second kappa shape index (κ2) is 19.1.